The van der Waals surface area contributed by atoms with Gasteiger partial charge in [0.25, 0.3) is 0 Å². The summed E-state index contributed by atoms with van der Waals surface area (Å²) in [6.45, 7) is 6.23. The van der Waals surface area contributed by atoms with Crippen LogP contribution in [0.2, 0.25) is 0 Å². The van der Waals surface area contributed by atoms with E-state index in [0.717, 1.165) is 44.9 Å². The molecule has 1 amide bonds. The van der Waals surface area contributed by atoms with E-state index in [-0.39, 0.29) is 12.5 Å². The monoisotopic (exact) mass is 254 g/mol. The van der Waals surface area contributed by atoms with Gasteiger partial charge in [0.2, 0.25) is 5.91 Å². The number of nitrogens with zero attached hydrogens (tertiary/aromatic N) is 2. The fourth-order valence-electron chi connectivity index (χ4n) is 2.73. The summed E-state index contributed by atoms with van der Waals surface area (Å²) in [5.74, 6) is 1.000. The van der Waals surface area contributed by atoms with E-state index in [1.54, 1.807) is 0 Å². The van der Waals surface area contributed by atoms with Crippen molar-refractivity contribution in [2.45, 2.75) is 38.7 Å². The molecule has 0 aromatic rings. The predicted octanol–water partition coefficient (Wildman–Crippen LogP) is 1.36. The van der Waals surface area contributed by atoms with Crippen LogP contribution in [-0.2, 0) is 9.53 Å². The van der Waals surface area contributed by atoms with E-state index in [4.69, 9.17) is 4.74 Å². The van der Waals surface area contributed by atoms with Crippen LogP contribution in [0.1, 0.15) is 32.6 Å². The zero-order chi connectivity index (χ0) is 13.0. The first-order valence-corrected chi connectivity index (χ1v) is 7.23. The summed E-state index contributed by atoms with van der Waals surface area (Å²) in [4.78, 5) is 16.2. The van der Waals surface area contributed by atoms with Gasteiger partial charge in [0.15, 0.2) is 0 Å². The fourth-order valence-corrected chi connectivity index (χ4v) is 2.73. The highest BCUT2D eigenvalue weighted by Gasteiger charge is 2.22. The van der Waals surface area contributed by atoms with Gasteiger partial charge in [0, 0.05) is 26.2 Å². The summed E-state index contributed by atoms with van der Waals surface area (Å²) in [6, 6.07) is 0. The Bertz CT molecular complexity index is 267. The van der Waals surface area contributed by atoms with E-state index < -0.39 is 0 Å². The first kappa shape index (κ1) is 13.8. The highest BCUT2D eigenvalue weighted by molar-refractivity contribution is 5.77. The molecule has 104 valence electrons. The van der Waals surface area contributed by atoms with Crippen LogP contribution in [0.5, 0.6) is 0 Å². The average molecular weight is 254 g/mol. The van der Waals surface area contributed by atoms with Crippen LogP contribution in [0.15, 0.2) is 0 Å². The molecule has 1 aliphatic carbocycles. The van der Waals surface area contributed by atoms with Gasteiger partial charge in [0.1, 0.15) is 6.61 Å². The van der Waals surface area contributed by atoms with Crippen LogP contribution in [0.4, 0.5) is 0 Å². The smallest absolute Gasteiger partial charge is 0.248 e. The normalized spacial score (nSPS) is 30.4. The maximum Gasteiger partial charge on any atom is 0.248 e. The minimum atomic E-state index is 0.168. The second-order valence-electron chi connectivity index (χ2n) is 5.88. The Hall–Kier alpha value is -0.610. The number of hydrogen-bond donors (Lipinski definition) is 0. The Morgan fingerprint density at radius 2 is 1.72 bits per heavy atom. The Morgan fingerprint density at radius 3 is 2.33 bits per heavy atom. The van der Waals surface area contributed by atoms with E-state index >= 15 is 0 Å². The van der Waals surface area contributed by atoms with Crippen molar-refractivity contribution in [3.63, 3.8) is 0 Å². The van der Waals surface area contributed by atoms with Crippen molar-refractivity contribution in [3.8, 4) is 0 Å². The molecule has 0 spiro atoms. The zero-order valence-electron chi connectivity index (χ0n) is 11.7. The van der Waals surface area contributed by atoms with Gasteiger partial charge in [-0.1, -0.05) is 6.92 Å². The molecule has 4 heteroatoms. The van der Waals surface area contributed by atoms with Crippen LogP contribution in [-0.4, -0.2) is 61.6 Å². The van der Waals surface area contributed by atoms with Gasteiger partial charge in [-0.05, 0) is 38.6 Å². The average Bonchev–Trinajstić information content (AvgIpc) is 2.38. The number of amides is 1. The molecule has 0 aromatic carbocycles. The number of carbonyl (C=O) groups is 1. The number of piperazine rings is 1. The van der Waals surface area contributed by atoms with E-state index in [1.165, 1.54) is 12.8 Å². The second-order valence-corrected chi connectivity index (χ2v) is 5.88. The number of hydrogen-bond acceptors (Lipinski definition) is 3. The van der Waals surface area contributed by atoms with E-state index in [1.807, 2.05) is 4.90 Å². The SMILES string of the molecule is CC1CCC(OCC(=O)N2CCN(C)CC2)CC1. The molecule has 2 fully saturated rings. The summed E-state index contributed by atoms with van der Waals surface area (Å²) in [5.41, 5.74) is 0. The lowest BCUT2D eigenvalue weighted by Gasteiger charge is -2.33. The number of rotatable bonds is 3. The largest absolute Gasteiger partial charge is 0.368 e. The van der Waals surface area contributed by atoms with Crippen LogP contribution >= 0.6 is 0 Å². The molecule has 1 saturated carbocycles. The summed E-state index contributed by atoms with van der Waals surface area (Å²) in [5, 5.41) is 0. The van der Waals surface area contributed by atoms with Crippen LogP contribution < -0.4 is 0 Å². The number of likely N-dealkylation sites (N-methyl/N-ethyl adjacent to an activating group) is 1. The molecule has 0 aromatic heterocycles. The highest BCUT2D eigenvalue weighted by atomic mass is 16.5. The maximum atomic E-state index is 12.0. The number of ether oxygens (including phenoxy) is 1. The quantitative estimate of drug-likeness (QED) is 0.762. The first-order valence-electron chi connectivity index (χ1n) is 7.23. The van der Waals surface area contributed by atoms with Gasteiger partial charge in [-0.2, -0.15) is 0 Å². The van der Waals surface area contributed by atoms with Crippen molar-refractivity contribution >= 4 is 5.91 Å². The molecule has 4 nitrogen and oxygen atoms in total. The van der Waals surface area contributed by atoms with Gasteiger partial charge >= 0.3 is 0 Å². The lowest BCUT2D eigenvalue weighted by molar-refractivity contribution is -0.140. The van der Waals surface area contributed by atoms with Crippen molar-refractivity contribution in [1.82, 2.24) is 9.80 Å². The Labute approximate surface area is 110 Å². The molecule has 0 atom stereocenters. The summed E-state index contributed by atoms with van der Waals surface area (Å²) >= 11 is 0. The van der Waals surface area contributed by atoms with Crippen LogP contribution in [0.25, 0.3) is 0 Å². The molecule has 0 unspecified atom stereocenters. The van der Waals surface area contributed by atoms with Gasteiger partial charge in [-0.3, -0.25) is 4.79 Å². The van der Waals surface area contributed by atoms with E-state index in [0.29, 0.717) is 6.10 Å². The topological polar surface area (TPSA) is 32.8 Å². The maximum absolute atomic E-state index is 12.0. The number of carbonyl (C=O) groups excluding carboxylic acids is 1. The lowest BCUT2D eigenvalue weighted by atomic mass is 9.89. The molecule has 2 rings (SSSR count). The molecular weight excluding hydrogens is 228 g/mol. The van der Waals surface area contributed by atoms with Crippen molar-refractivity contribution in [3.05, 3.63) is 0 Å². The molecule has 0 bridgehead atoms. The third kappa shape index (κ3) is 3.95. The summed E-state index contributed by atoms with van der Waals surface area (Å²) in [7, 11) is 2.10. The molecule has 1 saturated heterocycles. The van der Waals surface area contributed by atoms with Crippen molar-refractivity contribution < 1.29 is 9.53 Å². The molecule has 1 aliphatic heterocycles. The molecule has 1 heterocycles. The van der Waals surface area contributed by atoms with Crippen LogP contribution in [0.3, 0.4) is 0 Å². The summed E-state index contributed by atoms with van der Waals surface area (Å²) in [6.07, 6.45) is 5.05. The van der Waals surface area contributed by atoms with Crippen molar-refractivity contribution in [2.24, 2.45) is 5.92 Å². The molecule has 2 aliphatic rings. The van der Waals surface area contributed by atoms with Crippen molar-refractivity contribution in [1.29, 1.82) is 0 Å². The molecule has 0 radical (unpaired) electrons. The third-order valence-electron chi connectivity index (χ3n) is 4.26. The molecule has 0 N–H and O–H groups in total. The van der Waals surface area contributed by atoms with Crippen molar-refractivity contribution in [2.75, 3.05) is 39.8 Å². The zero-order valence-corrected chi connectivity index (χ0v) is 11.7. The van der Waals surface area contributed by atoms with Gasteiger partial charge in [0.05, 0.1) is 6.10 Å². The van der Waals surface area contributed by atoms with Gasteiger partial charge in [-0.15, -0.1) is 0 Å². The fraction of sp³-hybridized carbons (Fsp3) is 0.929. The minimum absolute atomic E-state index is 0.168. The molecular formula is C14H26N2O2. The minimum Gasteiger partial charge on any atom is -0.368 e. The van der Waals surface area contributed by atoms with E-state index in [2.05, 4.69) is 18.9 Å². The second kappa shape index (κ2) is 6.53. The first-order chi connectivity index (χ1) is 8.65. The van der Waals surface area contributed by atoms with Gasteiger partial charge < -0.3 is 14.5 Å². The van der Waals surface area contributed by atoms with E-state index in [9.17, 15) is 4.79 Å². The Morgan fingerprint density at radius 1 is 1.11 bits per heavy atom. The molecule has 18 heavy (non-hydrogen) atoms. The predicted molar refractivity (Wildman–Crippen MR) is 71.4 cm³/mol. The highest BCUT2D eigenvalue weighted by Crippen LogP contribution is 2.25. The lowest BCUT2D eigenvalue weighted by Crippen LogP contribution is -2.48. The Balaban J connectivity index is 1.65. The third-order valence-corrected chi connectivity index (χ3v) is 4.26. The Kier molecular flexibility index (Phi) is 5.01. The summed E-state index contributed by atoms with van der Waals surface area (Å²) < 4.78 is 5.77. The van der Waals surface area contributed by atoms with Gasteiger partial charge in [-0.25, -0.2) is 0 Å². The standard InChI is InChI=1S/C14H26N2O2/c1-12-3-5-13(6-4-12)18-11-14(17)16-9-7-15(2)8-10-16/h12-13H,3-11H2,1-2H3. The van der Waals surface area contributed by atoms with Crippen LogP contribution in [0, 0.1) is 5.92 Å².